The maximum absolute atomic E-state index is 9.93. The molecule has 0 aliphatic carbocycles. The maximum Gasteiger partial charge on any atom is 0.137 e. The summed E-state index contributed by atoms with van der Waals surface area (Å²) in [5, 5.41) is 9.93. The van der Waals surface area contributed by atoms with E-state index in [4.69, 9.17) is 0 Å². The number of aliphatic imine (C=N–C) groups is 1. The zero-order valence-electron chi connectivity index (χ0n) is 9.07. The molecule has 0 aliphatic rings. The number of nitrogens with zero attached hydrogens (tertiary/aromatic N) is 1. The average Bonchev–Trinajstić information content (AvgIpc) is 2.32. The molecule has 18 heavy (non-hydrogen) atoms. The van der Waals surface area contributed by atoms with E-state index in [1.54, 1.807) is 6.21 Å². The van der Waals surface area contributed by atoms with Gasteiger partial charge in [0.15, 0.2) is 0 Å². The van der Waals surface area contributed by atoms with Crippen LogP contribution in [-0.4, -0.2) is 11.3 Å². The van der Waals surface area contributed by atoms with E-state index in [1.807, 2.05) is 36.4 Å². The lowest BCUT2D eigenvalue weighted by Gasteiger charge is -2.02. The van der Waals surface area contributed by atoms with Gasteiger partial charge in [0.25, 0.3) is 0 Å². The molecular weight excluding hydrogens is 520 g/mol. The van der Waals surface area contributed by atoms with Crippen molar-refractivity contribution in [2.75, 3.05) is 0 Å². The van der Waals surface area contributed by atoms with Crippen molar-refractivity contribution in [3.05, 3.63) is 53.6 Å². The highest BCUT2D eigenvalue weighted by atomic mass is 127. The fourth-order valence-corrected chi connectivity index (χ4v) is 3.46. The zero-order valence-corrected chi connectivity index (χ0v) is 15.0. The van der Waals surface area contributed by atoms with E-state index in [1.165, 1.54) is 0 Å². The molecule has 0 fully saturated rings. The van der Waals surface area contributed by atoms with Crippen molar-refractivity contribution in [1.82, 2.24) is 0 Å². The topological polar surface area (TPSA) is 32.6 Å². The second-order valence-electron chi connectivity index (χ2n) is 3.56. The summed E-state index contributed by atoms with van der Waals surface area (Å²) in [5.74, 6) is 0.258. The van der Waals surface area contributed by atoms with Gasteiger partial charge in [-0.25, -0.2) is 0 Å². The lowest BCUT2D eigenvalue weighted by molar-refractivity contribution is 0.470. The molecule has 2 aromatic rings. The molecule has 0 saturated heterocycles. The van der Waals surface area contributed by atoms with Crippen molar-refractivity contribution in [2.45, 2.75) is 0 Å². The van der Waals surface area contributed by atoms with Crippen molar-refractivity contribution >= 4 is 73.0 Å². The Kier molecular flexibility index (Phi) is 5.02. The quantitative estimate of drug-likeness (QED) is 0.427. The lowest BCUT2D eigenvalue weighted by atomic mass is 10.2. The van der Waals surface area contributed by atoms with Crippen molar-refractivity contribution in [3.8, 4) is 5.75 Å². The minimum atomic E-state index is 0.258. The van der Waals surface area contributed by atoms with Gasteiger partial charge in [0.2, 0.25) is 0 Å². The van der Waals surface area contributed by atoms with E-state index in [0.29, 0.717) is 5.56 Å². The van der Waals surface area contributed by atoms with E-state index in [9.17, 15) is 5.11 Å². The summed E-state index contributed by atoms with van der Waals surface area (Å²) >= 11 is 7.74. The first-order chi connectivity index (χ1) is 8.56. The van der Waals surface area contributed by atoms with E-state index in [2.05, 4.69) is 66.1 Å². The van der Waals surface area contributed by atoms with Gasteiger partial charge in [-0.3, -0.25) is 4.99 Å². The smallest absolute Gasteiger partial charge is 0.137 e. The van der Waals surface area contributed by atoms with Crippen LogP contribution < -0.4 is 0 Å². The summed E-state index contributed by atoms with van der Waals surface area (Å²) < 4.78 is 2.86. The number of phenolic OH excluding ortho intramolecular Hbond substituents is 1. The minimum Gasteiger partial charge on any atom is -0.506 e. The Morgan fingerprint density at radius 3 is 2.67 bits per heavy atom. The van der Waals surface area contributed by atoms with Crippen LogP contribution in [0.15, 0.2) is 45.9 Å². The Morgan fingerprint density at radius 1 is 1.17 bits per heavy atom. The van der Waals surface area contributed by atoms with Crippen LogP contribution in [0.3, 0.4) is 0 Å². The molecule has 0 amide bonds. The Labute approximate surface area is 141 Å². The van der Waals surface area contributed by atoms with Gasteiger partial charge in [-0.15, -0.1) is 0 Å². The number of rotatable bonds is 2. The van der Waals surface area contributed by atoms with Gasteiger partial charge in [-0.1, -0.05) is 22.0 Å². The molecule has 0 bridgehead atoms. The molecule has 0 unspecified atom stereocenters. The van der Waals surface area contributed by atoms with Gasteiger partial charge in [0.1, 0.15) is 5.75 Å². The molecule has 0 aromatic heterocycles. The lowest BCUT2D eigenvalue weighted by Crippen LogP contribution is -1.86. The number of hydrogen-bond acceptors (Lipinski definition) is 2. The van der Waals surface area contributed by atoms with Gasteiger partial charge >= 0.3 is 0 Å². The molecule has 0 spiro atoms. The fourth-order valence-electron chi connectivity index (χ4n) is 1.38. The minimum absolute atomic E-state index is 0.258. The molecule has 92 valence electrons. The van der Waals surface area contributed by atoms with Gasteiger partial charge in [0.05, 0.1) is 9.26 Å². The predicted molar refractivity (Wildman–Crippen MR) is 94.9 cm³/mol. The van der Waals surface area contributed by atoms with Gasteiger partial charge in [-0.05, 0) is 75.5 Å². The van der Waals surface area contributed by atoms with Crippen LogP contribution in [0.5, 0.6) is 5.75 Å². The van der Waals surface area contributed by atoms with E-state index >= 15 is 0 Å². The Morgan fingerprint density at radius 2 is 1.94 bits per heavy atom. The third-order valence-electron chi connectivity index (χ3n) is 2.22. The van der Waals surface area contributed by atoms with Crippen molar-refractivity contribution in [3.63, 3.8) is 0 Å². The molecule has 0 atom stereocenters. The maximum atomic E-state index is 9.93. The third-order valence-corrected chi connectivity index (χ3v) is 4.17. The molecule has 2 aromatic carbocycles. The number of hydrogen-bond donors (Lipinski definition) is 1. The highest BCUT2D eigenvalue weighted by Crippen LogP contribution is 2.28. The molecule has 0 heterocycles. The summed E-state index contributed by atoms with van der Waals surface area (Å²) in [7, 11) is 0. The molecule has 0 aliphatic heterocycles. The van der Waals surface area contributed by atoms with Crippen LogP contribution in [0.25, 0.3) is 0 Å². The first-order valence-electron chi connectivity index (χ1n) is 5.04. The first-order valence-corrected chi connectivity index (χ1v) is 7.99. The first kappa shape index (κ1) is 14.3. The van der Waals surface area contributed by atoms with Crippen LogP contribution in [0.1, 0.15) is 5.56 Å². The number of halogens is 3. The summed E-state index contributed by atoms with van der Waals surface area (Å²) in [6, 6.07) is 11.6. The molecule has 2 rings (SSSR count). The van der Waals surface area contributed by atoms with Gasteiger partial charge < -0.3 is 5.11 Å². The Hall–Kier alpha value is -0.150. The summed E-state index contributed by atoms with van der Waals surface area (Å²) in [4.78, 5) is 4.37. The van der Waals surface area contributed by atoms with Crippen LogP contribution in [0.4, 0.5) is 5.69 Å². The molecular formula is C13H8BrI2NO. The molecule has 0 saturated carbocycles. The summed E-state index contributed by atoms with van der Waals surface area (Å²) in [6.07, 6.45) is 1.67. The summed E-state index contributed by atoms with van der Waals surface area (Å²) in [6.45, 7) is 0. The average molecular weight is 528 g/mol. The molecule has 0 radical (unpaired) electrons. The van der Waals surface area contributed by atoms with Crippen LogP contribution in [0.2, 0.25) is 0 Å². The predicted octanol–water partition coefficient (Wildman–Crippen LogP) is 5.11. The molecule has 1 N–H and O–H groups in total. The monoisotopic (exact) mass is 527 g/mol. The molecule has 5 heteroatoms. The Balaban J connectivity index is 2.34. The Bertz CT molecular complexity index is 614. The highest BCUT2D eigenvalue weighted by Gasteiger charge is 2.05. The number of phenols is 1. The fraction of sp³-hybridized carbons (Fsp3) is 0. The second-order valence-corrected chi connectivity index (χ2v) is 6.89. The molecule has 2 nitrogen and oxygen atoms in total. The van der Waals surface area contributed by atoms with E-state index < -0.39 is 0 Å². The van der Waals surface area contributed by atoms with Gasteiger partial charge in [-0.2, -0.15) is 0 Å². The van der Waals surface area contributed by atoms with E-state index in [-0.39, 0.29) is 5.75 Å². The third kappa shape index (κ3) is 3.67. The van der Waals surface area contributed by atoms with Crippen LogP contribution in [0, 0.1) is 7.14 Å². The normalized spacial score (nSPS) is 11.1. The second kappa shape index (κ2) is 6.33. The van der Waals surface area contributed by atoms with E-state index in [0.717, 1.165) is 17.3 Å². The standard InChI is InChI=1S/C13H8BrI2NO/c14-9-4-8(13(18)12(16)5-9)7-17-11-3-1-2-10(15)6-11/h1-7,18H. The summed E-state index contributed by atoms with van der Waals surface area (Å²) in [5.41, 5.74) is 1.57. The van der Waals surface area contributed by atoms with Crippen molar-refractivity contribution in [2.24, 2.45) is 4.99 Å². The van der Waals surface area contributed by atoms with Crippen molar-refractivity contribution in [1.29, 1.82) is 0 Å². The van der Waals surface area contributed by atoms with Crippen LogP contribution >= 0.6 is 61.1 Å². The number of benzene rings is 2. The zero-order chi connectivity index (χ0) is 13.1. The van der Waals surface area contributed by atoms with Crippen molar-refractivity contribution < 1.29 is 5.11 Å². The largest absolute Gasteiger partial charge is 0.506 e. The van der Waals surface area contributed by atoms with Crippen LogP contribution in [-0.2, 0) is 0 Å². The number of aromatic hydroxyl groups is 1. The highest BCUT2D eigenvalue weighted by molar-refractivity contribution is 14.1. The van der Waals surface area contributed by atoms with Gasteiger partial charge in [0, 0.05) is 19.8 Å². The SMILES string of the molecule is Oc1c(I)cc(Br)cc1C=Nc1cccc(I)c1.